The third-order valence-electron chi connectivity index (χ3n) is 5.41. The molecule has 0 atom stereocenters. The lowest BCUT2D eigenvalue weighted by molar-refractivity contribution is -0.120. The molecule has 180 valence electrons. The number of piperidine rings is 1. The largest absolute Gasteiger partial charge is 0.494 e. The second kappa shape index (κ2) is 10.8. The van der Waals surface area contributed by atoms with E-state index >= 15 is 0 Å². The number of aryl methyl sites for hydroxylation is 1. The lowest BCUT2D eigenvalue weighted by Crippen LogP contribution is -2.41. The maximum atomic E-state index is 12.9. The summed E-state index contributed by atoms with van der Waals surface area (Å²) in [5.74, 6) is -0.561. The van der Waals surface area contributed by atoms with E-state index in [2.05, 4.69) is 5.32 Å². The van der Waals surface area contributed by atoms with Gasteiger partial charge in [0.05, 0.1) is 13.2 Å². The van der Waals surface area contributed by atoms with Crippen LogP contribution < -0.4 is 10.1 Å². The molecule has 3 rings (SSSR count). The van der Waals surface area contributed by atoms with Gasteiger partial charge < -0.3 is 19.2 Å². The fourth-order valence-electron chi connectivity index (χ4n) is 3.58. The SMILES string of the molecule is CCCOc1ccc(NC(=O)C2CCN(S(=O)(=O)c3ccc(C(=O)OCC)o3)CC2)c(C)c1. The van der Waals surface area contributed by atoms with E-state index in [1.54, 1.807) is 6.92 Å². The highest BCUT2D eigenvalue weighted by Crippen LogP contribution is 2.27. The molecule has 10 heteroatoms. The molecule has 0 radical (unpaired) electrons. The number of benzene rings is 1. The molecule has 33 heavy (non-hydrogen) atoms. The van der Waals surface area contributed by atoms with Crippen molar-refractivity contribution in [3.63, 3.8) is 0 Å². The van der Waals surface area contributed by atoms with Gasteiger partial charge in [0.1, 0.15) is 5.75 Å². The van der Waals surface area contributed by atoms with E-state index in [9.17, 15) is 18.0 Å². The second-order valence-electron chi connectivity index (χ2n) is 7.83. The maximum Gasteiger partial charge on any atom is 0.374 e. The Labute approximate surface area is 194 Å². The third kappa shape index (κ3) is 5.94. The Kier molecular flexibility index (Phi) is 8.15. The maximum absolute atomic E-state index is 12.9. The Morgan fingerprint density at radius 2 is 1.88 bits per heavy atom. The fourth-order valence-corrected chi connectivity index (χ4v) is 4.96. The van der Waals surface area contributed by atoms with Gasteiger partial charge in [-0.25, -0.2) is 13.2 Å². The molecule has 1 aliphatic rings. The zero-order chi connectivity index (χ0) is 24.0. The zero-order valence-electron chi connectivity index (χ0n) is 19.1. The van der Waals surface area contributed by atoms with Crippen LogP contribution in [0.1, 0.15) is 49.2 Å². The standard InChI is InChI=1S/C23H30N2O7S/c1-4-14-31-18-6-7-19(16(3)15-18)24-22(26)17-10-12-25(13-11-17)33(28,29)21-9-8-20(32-21)23(27)30-5-2/h6-9,15,17H,4-5,10-14H2,1-3H3,(H,24,26). The summed E-state index contributed by atoms with van der Waals surface area (Å²) in [4.78, 5) is 24.5. The minimum atomic E-state index is -3.90. The number of furan rings is 1. The summed E-state index contributed by atoms with van der Waals surface area (Å²) >= 11 is 0. The molecule has 1 fully saturated rings. The number of nitrogens with one attached hydrogen (secondary N) is 1. The van der Waals surface area contributed by atoms with Gasteiger partial charge in [-0.1, -0.05) is 6.92 Å². The highest BCUT2D eigenvalue weighted by Gasteiger charge is 2.34. The van der Waals surface area contributed by atoms with Crippen molar-refractivity contribution in [1.29, 1.82) is 0 Å². The first kappa shape index (κ1) is 24.8. The summed E-state index contributed by atoms with van der Waals surface area (Å²) in [5.41, 5.74) is 1.60. The van der Waals surface area contributed by atoms with Gasteiger partial charge in [0.15, 0.2) is 0 Å². The second-order valence-corrected chi connectivity index (χ2v) is 9.70. The number of nitrogens with zero attached hydrogens (tertiary/aromatic N) is 1. The molecular weight excluding hydrogens is 448 g/mol. The van der Waals surface area contributed by atoms with Crippen LogP contribution >= 0.6 is 0 Å². The summed E-state index contributed by atoms with van der Waals surface area (Å²) in [6.07, 6.45) is 1.68. The van der Waals surface area contributed by atoms with Crippen molar-refractivity contribution in [2.45, 2.75) is 45.1 Å². The summed E-state index contributed by atoms with van der Waals surface area (Å²) in [6, 6.07) is 8.05. The van der Waals surface area contributed by atoms with Crippen LogP contribution in [0, 0.1) is 12.8 Å². The molecule has 0 aliphatic carbocycles. The first-order valence-corrected chi connectivity index (χ1v) is 12.5. The molecule has 9 nitrogen and oxygen atoms in total. The van der Waals surface area contributed by atoms with Crippen molar-refractivity contribution in [3.05, 3.63) is 41.7 Å². The first-order valence-electron chi connectivity index (χ1n) is 11.1. The molecule has 1 aromatic carbocycles. The third-order valence-corrected chi connectivity index (χ3v) is 7.18. The monoisotopic (exact) mass is 478 g/mol. The van der Waals surface area contributed by atoms with Crippen LogP contribution in [-0.2, 0) is 19.6 Å². The number of amides is 1. The lowest BCUT2D eigenvalue weighted by Gasteiger charge is -2.29. The molecule has 0 bridgehead atoms. The van der Waals surface area contributed by atoms with Crippen LogP contribution in [0.3, 0.4) is 0 Å². The number of carbonyl (C=O) groups excluding carboxylic acids is 2. The molecule has 2 heterocycles. The minimum Gasteiger partial charge on any atom is -0.494 e. The van der Waals surface area contributed by atoms with Crippen LogP contribution in [0.15, 0.2) is 39.8 Å². The molecule has 1 N–H and O–H groups in total. The van der Waals surface area contributed by atoms with E-state index in [4.69, 9.17) is 13.9 Å². The Hall–Kier alpha value is -2.85. The van der Waals surface area contributed by atoms with Gasteiger partial charge in [-0.2, -0.15) is 4.31 Å². The number of carbonyl (C=O) groups is 2. The molecule has 1 aromatic heterocycles. The molecule has 0 saturated carbocycles. The molecule has 1 aliphatic heterocycles. The molecule has 1 saturated heterocycles. The van der Waals surface area contributed by atoms with E-state index in [1.165, 1.54) is 16.4 Å². The van der Waals surface area contributed by atoms with E-state index in [0.717, 1.165) is 17.7 Å². The van der Waals surface area contributed by atoms with Crippen molar-refractivity contribution in [3.8, 4) is 5.75 Å². The zero-order valence-corrected chi connectivity index (χ0v) is 19.9. The van der Waals surface area contributed by atoms with Crippen molar-refractivity contribution in [2.75, 3.05) is 31.6 Å². The smallest absolute Gasteiger partial charge is 0.374 e. The van der Waals surface area contributed by atoms with Crippen LogP contribution in [0.5, 0.6) is 5.75 Å². The van der Waals surface area contributed by atoms with Gasteiger partial charge in [-0.3, -0.25) is 4.79 Å². The number of esters is 1. The van der Waals surface area contributed by atoms with Crippen molar-refractivity contribution in [2.24, 2.45) is 5.92 Å². The van der Waals surface area contributed by atoms with Gasteiger partial charge in [-0.15, -0.1) is 0 Å². The molecule has 0 unspecified atom stereocenters. The number of sulfonamides is 1. The van der Waals surface area contributed by atoms with Crippen LogP contribution in [0.4, 0.5) is 5.69 Å². The van der Waals surface area contributed by atoms with Crippen molar-refractivity contribution < 1.29 is 31.9 Å². The fraction of sp³-hybridized carbons (Fsp3) is 0.478. The van der Waals surface area contributed by atoms with E-state index in [1.807, 2.05) is 32.0 Å². The number of rotatable bonds is 9. The van der Waals surface area contributed by atoms with E-state index in [-0.39, 0.29) is 42.4 Å². The van der Waals surface area contributed by atoms with Gasteiger partial charge in [0, 0.05) is 24.7 Å². The average molecular weight is 479 g/mol. The number of hydrogen-bond acceptors (Lipinski definition) is 7. The highest BCUT2D eigenvalue weighted by atomic mass is 32.2. The van der Waals surface area contributed by atoms with Gasteiger partial charge in [0.2, 0.25) is 16.8 Å². The van der Waals surface area contributed by atoms with Gasteiger partial charge in [-0.05, 0) is 69.0 Å². The molecule has 2 aromatic rings. The topological polar surface area (TPSA) is 115 Å². The van der Waals surface area contributed by atoms with Gasteiger partial charge >= 0.3 is 5.97 Å². The van der Waals surface area contributed by atoms with E-state index < -0.39 is 16.0 Å². The highest BCUT2D eigenvalue weighted by molar-refractivity contribution is 7.89. The Balaban J connectivity index is 1.58. The summed E-state index contributed by atoms with van der Waals surface area (Å²) < 4.78 is 42.7. The summed E-state index contributed by atoms with van der Waals surface area (Å²) in [7, 11) is -3.90. The quantitative estimate of drug-likeness (QED) is 0.548. The first-order chi connectivity index (χ1) is 15.8. The summed E-state index contributed by atoms with van der Waals surface area (Å²) in [6.45, 7) is 6.74. The van der Waals surface area contributed by atoms with Crippen LogP contribution in [0.2, 0.25) is 0 Å². The van der Waals surface area contributed by atoms with Crippen molar-refractivity contribution >= 4 is 27.6 Å². The van der Waals surface area contributed by atoms with Crippen LogP contribution in [0.25, 0.3) is 0 Å². The Morgan fingerprint density at radius 1 is 1.15 bits per heavy atom. The number of hydrogen-bond donors (Lipinski definition) is 1. The minimum absolute atomic E-state index is 0.139. The molecular formula is C23H30N2O7S. The van der Waals surface area contributed by atoms with E-state index in [0.29, 0.717) is 25.1 Å². The summed E-state index contributed by atoms with van der Waals surface area (Å²) in [5, 5.41) is 2.63. The Bertz CT molecular complexity index is 1090. The van der Waals surface area contributed by atoms with Gasteiger partial charge in [0.25, 0.3) is 10.0 Å². The molecule has 1 amide bonds. The molecule has 0 spiro atoms. The predicted molar refractivity (Wildman–Crippen MR) is 122 cm³/mol. The Morgan fingerprint density at radius 3 is 2.52 bits per heavy atom. The average Bonchev–Trinajstić information content (AvgIpc) is 3.31. The number of ether oxygens (including phenoxy) is 2. The normalized spacial score (nSPS) is 15.2. The van der Waals surface area contributed by atoms with Crippen LogP contribution in [-0.4, -0.2) is 50.9 Å². The van der Waals surface area contributed by atoms with Crippen molar-refractivity contribution in [1.82, 2.24) is 4.31 Å². The lowest BCUT2D eigenvalue weighted by atomic mass is 9.97. The predicted octanol–water partition coefficient (Wildman–Crippen LogP) is 3.59. The number of anilines is 1.